The van der Waals surface area contributed by atoms with Gasteiger partial charge in [0.2, 0.25) is 0 Å². The van der Waals surface area contributed by atoms with E-state index < -0.39 is 0 Å². The molecule has 0 atom stereocenters. The number of nitrogens with zero attached hydrogens (tertiary/aromatic N) is 3. The Hall–Kier alpha value is -1.51. The molecule has 0 aliphatic heterocycles. The van der Waals surface area contributed by atoms with E-state index in [1.54, 1.807) is 0 Å². The predicted octanol–water partition coefficient (Wildman–Crippen LogP) is 1.59. The zero-order chi connectivity index (χ0) is 8.39. The van der Waals surface area contributed by atoms with Gasteiger partial charge in [0.05, 0.1) is 5.52 Å². The highest BCUT2D eigenvalue weighted by atomic mass is 15.1. The molecule has 1 heterocycles. The monoisotopic (exact) mass is 159 g/mol. The largest absolute Gasteiger partial charge is 0.229 e. The van der Waals surface area contributed by atoms with E-state index in [1.165, 1.54) is 0 Å². The van der Waals surface area contributed by atoms with Crippen molar-refractivity contribution in [2.45, 2.75) is 13.3 Å². The standard InChI is InChI=1S/C9H9N3/c1-2-9-10-7-5-3-4-6-8(7)11-12-9/h3-6H,2H2,1H3. The van der Waals surface area contributed by atoms with Gasteiger partial charge in [-0.1, -0.05) is 19.1 Å². The van der Waals surface area contributed by atoms with Crippen LogP contribution in [0.25, 0.3) is 11.0 Å². The van der Waals surface area contributed by atoms with Crippen LogP contribution in [-0.2, 0) is 6.42 Å². The van der Waals surface area contributed by atoms with Gasteiger partial charge >= 0.3 is 0 Å². The van der Waals surface area contributed by atoms with Gasteiger partial charge in [-0.05, 0) is 12.1 Å². The Kier molecular flexibility index (Phi) is 1.70. The van der Waals surface area contributed by atoms with Crippen molar-refractivity contribution in [3.05, 3.63) is 30.1 Å². The molecule has 0 unspecified atom stereocenters. The summed E-state index contributed by atoms with van der Waals surface area (Å²) in [5.74, 6) is 0.800. The third kappa shape index (κ3) is 1.13. The van der Waals surface area contributed by atoms with Crippen molar-refractivity contribution in [1.29, 1.82) is 0 Å². The number of fused-ring (bicyclic) bond motifs is 1. The Labute approximate surface area is 70.5 Å². The van der Waals surface area contributed by atoms with Crippen LogP contribution in [0.15, 0.2) is 24.3 Å². The minimum atomic E-state index is 0.800. The zero-order valence-corrected chi connectivity index (χ0v) is 6.86. The molecule has 3 heteroatoms. The summed E-state index contributed by atoms with van der Waals surface area (Å²) in [5.41, 5.74) is 1.78. The van der Waals surface area contributed by atoms with E-state index >= 15 is 0 Å². The number of para-hydroxylation sites is 1. The number of hydrogen-bond donors (Lipinski definition) is 0. The van der Waals surface area contributed by atoms with E-state index in [1.807, 2.05) is 31.2 Å². The van der Waals surface area contributed by atoms with Gasteiger partial charge < -0.3 is 0 Å². The predicted molar refractivity (Wildman–Crippen MR) is 46.7 cm³/mol. The highest BCUT2D eigenvalue weighted by Crippen LogP contribution is 2.06. The molecule has 0 bridgehead atoms. The first-order chi connectivity index (χ1) is 5.90. The summed E-state index contributed by atoms with van der Waals surface area (Å²) in [4.78, 5) is 4.32. The van der Waals surface area contributed by atoms with Crippen molar-refractivity contribution in [3.8, 4) is 0 Å². The molecule has 1 aromatic heterocycles. The maximum absolute atomic E-state index is 4.32. The molecule has 60 valence electrons. The van der Waals surface area contributed by atoms with Crippen LogP contribution in [0.4, 0.5) is 0 Å². The van der Waals surface area contributed by atoms with Crippen molar-refractivity contribution in [2.24, 2.45) is 0 Å². The molecule has 0 N–H and O–H groups in total. The first kappa shape index (κ1) is 7.16. The number of aryl methyl sites for hydroxylation is 1. The van der Waals surface area contributed by atoms with Gasteiger partial charge in [0.25, 0.3) is 0 Å². The number of rotatable bonds is 1. The summed E-state index contributed by atoms with van der Waals surface area (Å²) >= 11 is 0. The molecule has 1 aromatic carbocycles. The molecule has 0 fully saturated rings. The van der Waals surface area contributed by atoms with Crippen molar-refractivity contribution in [1.82, 2.24) is 15.2 Å². The number of aromatic nitrogens is 3. The maximum Gasteiger partial charge on any atom is 0.151 e. The normalized spacial score (nSPS) is 10.4. The second-order valence-electron chi connectivity index (χ2n) is 2.57. The Bertz CT molecular complexity index is 398. The highest BCUT2D eigenvalue weighted by molar-refractivity contribution is 5.72. The summed E-state index contributed by atoms with van der Waals surface area (Å²) in [5, 5.41) is 8.00. The summed E-state index contributed by atoms with van der Waals surface area (Å²) in [6, 6.07) is 7.75. The molecule has 2 aromatic rings. The molecular formula is C9H9N3. The molecule has 0 saturated carbocycles. The summed E-state index contributed by atoms with van der Waals surface area (Å²) in [6.07, 6.45) is 0.831. The Morgan fingerprint density at radius 3 is 2.58 bits per heavy atom. The van der Waals surface area contributed by atoms with Crippen LogP contribution in [0.3, 0.4) is 0 Å². The second-order valence-corrected chi connectivity index (χ2v) is 2.57. The average Bonchev–Trinajstić information content (AvgIpc) is 2.17. The van der Waals surface area contributed by atoms with E-state index in [4.69, 9.17) is 0 Å². The van der Waals surface area contributed by atoms with Crippen molar-refractivity contribution < 1.29 is 0 Å². The number of benzene rings is 1. The van der Waals surface area contributed by atoms with Gasteiger partial charge in [-0.3, -0.25) is 0 Å². The lowest BCUT2D eigenvalue weighted by molar-refractivity contribution is 0.880. The first-order valence-corrected chi connectivity index (χ1v) is 3.98. The van der Waals surface area contributed by atoms with Crippen LogP contribution >= 0.6 is 0 Å². The Morgan fingerprint density at radius 2 is 1.83 bits per heavy atom. The van der Waals surface area contributed by atoms with Gasteiger partial charge in [0.15, 0.2) is 5.82 Å². The lowest BCUT2D eigenvalue weighted by atomic mass is 10.3. The molecular weight excluding hydrogens is 150 g/mol. The van der Waals surface area contributed by atoms with E-state index in [0.29, 0.717) is 0 Å². The third-order valence-electron chi connectivity index (χ3n) is 1.72. The third-order valence-corrected chi connectivity index (χ3v) is 1.72. The summed E-state index contributed by atoms with van der Waals surface area (Å²) < 4.78 is 0. The van der Waals surface area contributed by atoms with Gasteiger partial charge in [0, 0.05) is 6.42 Å². The van der Waals surface area contributed by atoms with Crippen molar-refractivity contribution in [2.75, 3.05) is 0 Å². The topological polar surface area (TPSA) is 38.7 Å². The van der Waals surface area contributed by atoms with Crippen LogP contribution in [0.2, 0.25) is 0 Å². The molecule has 0 amide bonds. The molecule has 0 radical (unpaired) electrons. The molecule has 12 heavy (non-hydrogen) atoms. The lowest BCUT2D eigenvalue weighted by Crippen LogP contribution is -1.95. The van der Waals surface area contributed by atoms with Crippen molar-refractivity contribution in [3.63, 3.8) is 0 Å². The lowest BCUT2D eigenvalue weighted by Gasteiger charge is -1.96. The smallest absolute Gasteiger partial charge is 0.151 e. The zero-order valence-electron chi connectivity index (χ0n) is 6.86. The van der Waals surface area contributed by atoms with Gasteiger partial charge in [-0.25, -0.2) is 4.98 Å². The fraction of sp³-hybridized carbons (Fsp3) is 0.222. The average molecular weight is 159 g/mol. The van der Waals surface area contributed by atoms with Gasteiger partial charge in [-0.15, -0.1) is 10.2 Å². The Balaban J connectivity index is 2.67. The molecule has 0 saturated heterocycles. The van der Waals surface area contributed by atoms with E-state index in [0.717, 1.165) is 23.3 Å². The number of hydrogen-bond acceptors (Lipinski definition) is 3. The van der Waals surface area contributed by atoms with Gasteiger partial charge in [-0.2, -0.15) is 0 Å². The molecule has 0 aliphatic carbocycles. The van der Waals surface area contributed by atoms with Crippen molar-refractivity contribution >= 4 is 11.0 Å². The fourth-order valence-corrected chi connectivity index (χ4v) is 1.07. The summed E-state index contributed by atoms with van der Waals surface area (Å²) in [6.45, 7) is 2.02. The summed E-state index contributed by atoms with van der Waals surface area (Å²) in [7, 11) is 0. The van der Waals surface area contributed by atoms with E-state index in [-0.39, 0.29) is 0 Å². The van der Waals surface area contributed by atoms with Crippen LogP contribution in [0, 0.1) is 0 Å². The first-order valence-electron chi connectivity index (χ1n) is 3.98. The van der Waals surface area contributed by atoms with Crippen LogP contribution in [0.5, 0.6) is 0 Å². The molecule has 3 nitrogen and oxygen atoms in total. The van der Waals surface area contributed by atoms with Crippen LogP contribution in [-0.4, -0.2) is 15.2 Å². The highest BCUT2D eigenvalue weighted by Gasteiger charge is 1.96. The molecule has 2 rings (SSSR count). The fourth-order valence-electron chi connectivity index (χ4n) is 1.07. The minimum absolute atomic E-state index is 0.800. The van der Waals surface area contributed by atoms with E-state index in [2.05, 4.69) is 15.2 Å². The van der Waals surface area contributed by atoms with Gasteiger partial charge in [0.1, 0.15) is 5.52 Å². The van der Waals surface area contributed by atoms with E-state index in [9.17, 15) is 0 Å². The second kappa shape index (κ2) is 2.85. The SMILES string of the molecule is CCc1nnc2ccccc2n1. The maximum atomic E-state index is 4.32. The molecule has 0 spiro atoms. The Morgan fingerprint density at radius 1 is 1.08 bits per heavy atom. The van der Waals surface area contributed by atoms with Crippen LogP contribution < -0.4 is 0 Å². The molecule has 0 aliphatic rings. The quantitative estimate of drug-likeness (QED) is 0.634. The van der Waals surface area contributed by atoms with Crippen LogP contribution in [0.1, 0.15) is 12.7 Å². The minimum Gasteiger partial charge on any atom is -0.229 e.